The molecule has 3 nitrogen and oxygen atoms in total. The van der Waals surface area contributed by atoms with Gasteiger partial charge in [0, 0.05) is 17.7 Å². The Balaban J connectivity index is 1.65. The summed E-state index contributed by atoms with van der Waals surface area (Å²) in [7, 11) is 2.05. The molecule has 1 aliphatic rings. The highest BCUT2D eigenvalue weighted by atomic mass is 19.1. The number of halogens is 1. The predicted molar refractivity (Wildman–Crippen MR) is 88.9 cm³/mol. The number of nitrogens with one attached hydrogen (secondary N) is 2. The number of likely N-dealkylation sites (N-methyl/N-ethyl adjacent to an activating group) is 1. The van der Waals surface area contributed by atoms with E-state index in [4.69, 9.17) is 0 Å². The smallest absolute Gasteiger partial charge is 0.279 e. The summed E-state index contributed by atoms with van der Waals surface area (Å²) in [5.41, 5.74) is 3.26. The summed E-state index contributed by atoms with van der Waals surface area (Å²) in [6.07, 6.45) is 3.37. The third-order valence-electron chi connectivity index (χ3n) is 4.51. The van der Waals surface area contributed by atoms with Gasteiger partial charge in [-0.15, -0.1) is 0 Å². The van der Waals surface area contributed by atoms with Gasteiger partial charge in [-0.3, -0.25) is 4.79 Å². The van der Waals surface area contributed by atoms with E-state index < -0.39 is 0 Å². The Bertz CT molecular complexity index is 701. The third-order valence-corrected chi connectivity index (χ3v) is 4.51. The van der Waals surface area contributed by atoms with Gasteiger partial charge in [-0.2, -0.15) is 0 Å². The molecule has 0 radical (unpaired) electrons. The molecule has 2 aromatic carbocycles. The van der Waals surface area contributed by atoms with E-state index in [9.17, 15) is 9.18 Å². The molecule has 0 spiro atoms. The molecule has 23 heavy (non-hydrogen) atoms. The van der Waals surface area contributed by atoms with Crippen LogP contribution in [0.25, 0.3) is 0 Å². The van der Waals surface area contributed by atoms with Gasteiger partial charge < -0.3 is 10.2 Å². The maximum atomic E-state index is 13.2. The summed E-state index contributed by atoms with van der Waals surface area (Å²) in [6, 6.07) is 14.8. The molecule has 0 bridgehead atoms. The van der Waals surface area contributed by atoms with E-state index in [0.29, 0.717) is 18.3 Å². The molecule has 1 unspecified atom stereocenters. The van der Waals surface area contributed by atoms with Gasteiger partial charge in [0.05, 0.1) is 7.05 Å². The number of carbonyl (C=O) groups is 1. The van der Waals surface area contributed by atoms with Crippen LogP contribution >= 0.6 is 0 Å². The second-order valence-electron chi connectivity index (χ2n) is 6.23. The maximum absolute atomic E-state index is 13.2. The Morgan fingerprint density at radius 3 is 2.91 bits per heavy atom. The summed E-state index contributed by atoms with van der Waals surface area (Å²) in [6.45, 7) is 0.371. The lowest BCUT2D eigenvalue weighted by Crippen LogP contribution is -3.10. The second kappa shape index (κ2) is 6.92. The molecule has 0 heterocycles. The standard InChI is InChI=1S/C19H21FN2O/c1-22(13-19(23)21-16-9-5-8-15(20)12-16)18-11-4-7-14-6-2-3-10-17(14)18/h2-3,5-6,8-10,12,18H,4,7,11,13H2,1H3,(H,21,23)/p+1/t18-/m1/s1. The predicted octanol–water partition coefficient (Wildman–Crippen LogP) is 2.36. The van der Waals surface area contributed by atoms with Gasteiger partial charge in [-0.05, 0) is 36.6 Å². The number of quaternary nitrogens is 1. The number of fused-ring (bicyclic) bond motifs is 1. The first-order valence-corrected chi connectivity index (χ1v) is 8.09. The Labute approximate surface area is 136 Å². The molecular weight excluding hydrogens is 291 g/mol. The minimum atomic E-state index is -0.343. The van der Waals surface area contributed by atoms with E-state index >= 15 is 0 Å². The third kappa shape index (κ3) is 3.77. The van der Waals surface area contributed by atoms with Gasteiger partial charge in [0.1, 0.15) is 11.9 Å². The normalized spacial score (nSPS) is 18.1. The zero-order chi connectivity index (χ0) is 16.2. The molecule has 0 saturated heterocycles. The van der Waals surface area contributed by atoms with Crippen molar-refractivity contribution in [2.45, 2.75) is 25.3 Å². The van der Waals surface area contributed by atoms with Crippen LogP contribution in [0, 0.1) is 5.82 Å². The van der Waals surface area contributed by atoms with Gasteiger partial charge in [0.25, 0.3) is 5.91 Å². The van der Waals surface area contributed by atoms with E-state index in [0.717, 1.165) is 19.3 Å². The molecule has 2 N–H and O–H groups in total. The molecule has 120 valence electrons. The summed E-state index contributed by atoms with van der Waals surface area (Å²) in [5.74, 6) is -0.430. The lowest BCUT2D eigenvalue weighted by molar-refractivity contribution is -0.905. The van der Waals surface area contributed by atoms with Crippen LogP contribution in [0.2, 0.25) is 0 Å². The number of carbonyl (C=O) groups excluding carboxylic acids is 1. The van der Waals surface area contributed by atoms with E-state index in [1.165, 1.54) is 28.2 Å². The van der Waals surface area contributed by atoms with E-state index in [-0.39, 0.29) is 11.7 Å². The van der Waals surface area contributed by atoms with Gasteiger partial charge >= 0.3 is 0 Å². The van der Waals surface area contributed by atoms with Crippen LogP contribution in [0.1, 0.15) is 30.0 Å². The number of hydrogen-bond donors (Lipinski definition) is 2. The van der Waals surface area contributed by atoms with Gasteiger partial charge in [0.2, 0.25) is 0 Å². The van der Waals surface area contributed by atoms with Crippen molar-refractivity contribution in [1.82, 2.24) is 0 Å². The van der Waals surface area contributed by atoms with Crippen molar-refractivity contribution in [1.29, 1.82) is 0 Å². The largest absolute Gasteiger partial charge is 0.323 e. The van der Waals surface area contributed by atoms with Crippen LogP contribution in [-0.2, 0) is 11.2 Å². The number of rotatable bonds is 4. The molecule has 0 fully saturated rings. The first-order chi connectivity index (χ1) is 11.1. The van der Waals surface area contributed by atoms with Gasteiger partial charge in [-0.25, -0.2) is 4.39 Å². The zero-order valence-electron chi connectivity index (χ0n) is 13.3. The number of aryl methyl sites for hydroxylation is 1. The average Bonchev–Trinajstić information content (AvgIpc) is 2.54. The van der Waals surface area contributed by atoms with Crippen molar-refractivity contribution in [3.05, 3.63) is 65.5 Å². The van der Waals surface area contributed by atoms with E-state index in [1.807, 2.05) is 0 Å². The molecule has 0 saturated carbocycles. The number of hydrogen-bond acceptors (Lipinski definition) is 1. The molecule has 2 atom stereocenters. The summed E-state index contributed by atoms with van der Waals surface area (Å²) in [5, 5.41) is 2.78. The topological polar surface area (TPSA) is 33.5 Å². The molecule has 0 aliphatic heterocycles. The first kappa shape index (κ1) is 15.7. The fourth-order valence-electron chi connectivity index (χ4n) is 3.41. The van der Waals surface area contributed by atoms with Crippen LogP contribution < -0.4 is 10.2 Å². The summed E-state index contributed by atoms with van der Waals surface area (Å²) < 4.78 is 13.2. The van der Waals surface area contributed by atoms with Crippen LogP contribution in [0.4, 0.5) is 10.1 Å². The van der Waals surface area contributed by atoms with Gasteiger partial charge in [0.15, 0.2) is 6.54 Å². The zero-order valence-corrected chi connectivity index (χ0v) is 13.3. The lowest BCUT2D eigenvalue weighted by atomic mass is 9.87. The fraction of sp³-hybridized carbons (Fsp3) is 0.316. The maximum Gasteiger partial charge on any atom is 0.279 e. The highest BCUT2D eigenvalue weighted by Crippen LogP contribution is 2.27. The van der Waals surface area contributed by atoms with Crippen LogP contribution in [0.3, 0.4) is 0 Å². The molecule has 3 rings (SSSR count). The quantitative estimate of drug-likeness (QED) is 0.892. The number of anilines is 1. The van der Waals surface area contributed by atoms with Crippen molar-refractivity contribution in [2.75, 3.05) is 18.9 Å². The Morgan fingerprint density at radius 2 is 2.09 bits per heavy atom. The molecule has 2 aromatic rings. The van der Waals surface area contributed by atoms with E-state index in [2.05, 4.69) is 36.6 Å². The molecule has 4 heteroatoms. The SMILES string of the molecule is C[NH+](CC(=O)Nc1cccc(F)c1)[C@@H]1CCCc2ccccc21. The second-order valence-corrected chi connectivity index (χ2v) is 6.23. The monoisotopic (exact) mass is 313 g/mol. The van der Waals surface area contributed by atoms with Gasteiger partial charge in [-0.1, -0.05) is 30.3 Å². The molecular formula is C19H22FN2O+. The van der Waals surface area contributed by atoms with Crippen LogP contribution in [0.15, 0.2) is 48.5 Å². The van der Waals surface area contributed by atoms with Crippen molar-refractivity contribution < 1.29 is 14.1 Å². The minimum absolute atomic E-state index is 0.0869. The van der Waals surface area contributed by atoms with Crippen molar-refractivity contribution in [3.8, 4) is 0 Å². The molecule has 1 amide bonds. The molecule has 1 aliphatic carbocycles. The van der Waals surface area contributed by atoms with Crippen molar-refractivity contribution in [3.63, 3.8) is 0 Å². The highest BCUT2D eigenvalue weighted by Gasteiger charge is 2.27. The van der Waals surface area contributed by atoms with Crippen LogP contribution in [-0.4, -0.2) is 19.5 Å². The first-order valence-electron chi connectivity index (χ1n) is 8.09. The Hall–Kier alpha value is -2.20. The van der Waals surface area contributed by atoms with Crippen LogP contribution in [0.5, 0.6) is 0 Å². The van der Waals surface area contributed by atoms with Crippen molar-refractivity contribution >= 4 is 11.6 Å². The van der Waals surface area contributed by atoms with E-state index in [1.54, 1.807) is 12.1 Å². The minimum Gasteiger partial charge on any atom is -0.323 e. The Kier molecular flexibility index (Phi) is 4.72. The highest BCUT2D eigenvalue weighted by molar-refractivity contribution is 5.91. The lowest BCUT2D eigenvalue weighted by Gasteiger charge is -2.30. The Morgan fingerprint density at radius 1 is 1.26 bits per heavy atom. The number of amides is 1. The number of benzene rings is 2. The summed E-state index contributed by atoms with van der Waals surface area (Å²) >= 11 is 0. The average molecular weight is 313 g/mol. The summed E-state index contributed by atoms with van der Waals surface area (Å²) in [4.78, 5) is 13.4. The van der Waals surface area contributed by atoms with Crippen molar-refractivity contribution in [2.24, 2.45) is 0 Å². The molecule has 0 aromatic heterocycles. The fourth-order valence-corrected chi connectivity index (χ4v) is 3.41.